The number of aryl methyl sites for hydroxylation is 1. The van der Waals surface area contributed by atoms with Crippen LogP contribution in [0.1, 0.15) is 29.7 Å². The van der Waals surface area contributed by atoms with Gasteiger partial charge in [-0.2, -0.15) is 0 Å². The second kappa shape index (κ2) is 9.17. The van der Waals surface area contributed by atoms with Crippen LogP contribution in [-0.2, 0) is 16.0 Å². The van der Waals surface area contributed by atoms with E-state index in [1.165, 1.54) is 16.2 Å². The molecule has 1 fully saturated rings. The Kier molecular flexibility index (Phi) is 6.05. The number of amides is 1. The molecule has 0 saturated carbocycles. The number of ether oxygens (including phenoxy) is 1. The minimum Gasteiger partial charge on any atom is -0.507 e. The highest BCUT2D eigenvalue weighted by atomic mass is 35.5. The Balaban J connectivity index is 1.72. The number of thiazole rings is 1. The Hall–Kier alpha value is -3.68. The number of fused-ring (bicyclic) bond motifs is 1. The maximum atomic E-state index is 13.4. The SMILES string of the molecule is CCc1ccc2nc(N3C(=O)C(=O)/C(=C(/O)c4ccc(Cl)cc4)[C@@H]3c3cccc(OC)c3)sc2c1. The van der Waals surface area contributed by atoms with Gasteiger partial charge < -0.3 is 9.84 Å². The standard InChI is InChI=1S/C27H21ClN2O4S/c1-3-15-7-12-20-21(13-15)35-27(29-20)30-23(17-5-4-6-19(14-17)34-2)22(25(32)26(30)33)24(31)16-8-10-18(28)11-9-16/h4-14,23,31H,3H2,1-2H3/b24-22+/t23-/m0/s1. The molecule has 5 rings (SSSR count). The van der Waals surface area contributed by atoms with Gasteiger partial charge in [0.2, 0.25) is 0 Å². The Labute approximate surface area is 211 Å². The van der Waals surface area contributed by atoms with Gasteiger partial charge in [-0.15, -0.1) is 0 Å². The number of hydrogen-bond donors (Lipinski definition) is 1. The molecule has 176 valence electrons. The van der Waals surface area contributed by atoms with Gasteiger partial charge >= 0.3 is 5.91 Å². The molecule has 0 bridgehead atoms. The molecule has 3 aromatic carbocycles. The number of carbonyl (C=O) groups excluding carboxylic acids is 2. The van der Waals surface area contributed by atoms with E-state index in [1.54, 1.807) is 55.6 Å². The second-order valence-electron chi connectivity index (χ2n) is 8.10. The van der Waals surface area contributed by atoms with Crippen molar-refractivity contribution < 1.29 is 19.4 Å². The van der Waals surface area contributed by atoms with Crippen molar-refractivity contribution in [3.63, 3.8) is 0 Å². The number of aromatic nitrogens is 1. The number of benzene rings is 3. The van der Waals surface area contributed by atoms with Gasteiger partial charge in [0.05, 0.1) is 28.9 Å². The first-order valence-electron chi connectivity index (χ1n) is 11.0. The molecule has 1 aromatic heterocycles. The lowest BCUT2D eigenvalue weighted by molar-refractivity contribution is -0.132. The molecule has 35 heavy (non-hydrogen) atoms. The third-order valence-electron chi connectivity index (χ3n) is 6.03. The monoisotopic (exact) mass is 504 g/mol. The number of carbonyl (C=O) groups is 2. The van der Waals surface area contributed by atoms with Gasteiger partial charge in [-0.1, -0.05) is 48.1 Å². The van der Waals surface area contributed by atoms with Crippen LogP contribution < -0.4 is 9.64 Å². The number of nitrogens with zero attached hydrogens (tertiary/aromatic N) is 2. The first kappa shape index (κ1) is 23.1. The number of halogens is 1. The van der Waals surface area contributed by atoms with E-state index in [4.69, 9.17) is 16.3 Å². The first-order chi connectivity index (χ1) is 16.9. The molecular formula is C27H21ClN2O4S. The lowest BCUT2D eigenvalue weighted by Crippen LogP contribution is -2.29. The smallest absolute Gasteiger partial charge is 0.301 e. The first-order valence-corrected chi connectivity index (χ1v) is 12.2. The van der Waals surface area contributed by atoms with Crippen LogP contribution in [-0.4, -0.2) is 28.9 Å². The summed E-state index contributed by atoms with van der Waals surface area (Å²) in [6, 6.07) is 18.6. The zero-order valence-electron chi connectivity index (χ0n) is 19.0. The number of hydrogen-bond acceptors (Lipinski definition) is 6. The highest BCUT2D eigenvalue weighted by Gasteiger charge is 2.48. The summed E-state index contributed by atoms with van der Waals surface area (Å²) in [6.07, 6.45) is 0.874. The average molecular weight is 505 g/mol. The van der Waals surface area contributed by atoms with E-state index in [-0.39, 0.29) is 11.3 Å². The summed E-state index contributed by atoms with van der Waals surface area (Å²) in [5.41, 5.74) is 2.89. The summed E-state index contributed by atoms with van der Waals surface area (Å²) in [7, 11) is 1.54. The Morgan fingerprint density at radius 3 is 2.60 bits per heavy atom. The summed E-state index contributed by atoms with van der Waals surface area (Å²) in [5, 5.41) is 12.1. The lowest BCUT2D eigenvalue weighted by Gasteiger charge is -2.23. The van der Waals surface area contributed by atoms with Crippen LogP contribution in [0.5, 0.6) is 5.75 Å². The summed E-state index contributed by atoms with van der Waals surface area (Å²) >= 11 is 7.34. The molecule has 1 aliphatic rings. The Morgan fingerprint density at radius 2 is 1.89 bits per heavy atom. The summed E-state index contributed by atoms with van der Waals surface area (Å²) in [5.74, 6) is -1.23. The highest BCUT2D eigenvalue weighted by Crippen LogP contribution is 2.45. The van der Waals surface area contributed by atoms with Crippen LogP contribution in [0.2, 0.25) is 5.02 Å². The molecule has 0 aliphatic carbocycles. The van der Waals surface area contributed by atoms with Crippen molar-refractivity contribution in [3.05, 3.63) is 94.0 Å². The topological polar surface area (TPSA) is 79.7 Å². The third kappa shape index (κ3) is 4.07. The second-order valence-corrected chi connectivity index (χ2v) is 9.55. The van der Waals surface area contributed by atoms with Crippen molar-refractivity contribution in [2.45, 2.75) is 19.4 Å². The molecule has 0 radical (unpaired) electrons. The fourth-order valence-electron chi connectivity index (χ4n) is 4.20. The molecule has 8 heteroatoms. The number of aliphatic hydroxyl groups is 1. The number of ketones is 1. The average Bonchev–Trinajstić information content (AvgIpc) is 3.41. The molecule has 0 spiro atoms. The normalized spacial score (nSPS) is 17.3. The van der Waals surface area contributed by atoms with Crippen molar-refractivity contribution in [1.82, 2.24) is 4.98 Å². The van der Waals surface area contributed by atoms with Gasteiger partial charge in [0.1, 0.15) is 11.5 Å². The lowest BCUT2D eigenvalue weighted by atomic mass is 9.95. The van der Waals surface area contributed by atoms with Gasteiger partial charge in [-0.05, 0) is 66.1 Å². The minimum absolute atomic E-state index is 0.0147. The van der Waals surface area contributed by atoms with Crippen LogP contribution in [0.15, 0.2) is 72.3 Å². The predicted octanol–water partition coefficient (Wildman–Crippen LogP) is 6.15. The van der Waals surface area contributed by atoms with Crippen LogP contribution >= 0.6 is 22.9 Å². The molecule has 4 aromatic rings. The molecule has 1 N–H and O–H groups in total. The van der Waals surface area contributed by atoms with Crippen molar-refractivity contribution in [2.75, 3.05) is 12.0 Å². The molecule has 1 amide bonds. The maximum Gasteiger partial charge on any atom is 0.301 e. The molecule has 2 heterocycles. The molecule has 1 aliphatic heterocycles. The number of Topliss-reactive ketones (excluding diaryl/α,β-unsaturated/α-hetero) is 1. The third-order valence-corrected chi connectivity index (χ3v) is 7.30. The quantitative estimate of drug-likeness (QED) is 0.200. The fraction of sp³-hybridized carbons (Fsp3) is 0.148. The number of rotatable bonds is 5. The molecule has 0 unspecified atom stereocenters. The summed E-state index contributed by atoms with van der Waals surface area (Å²) < 4.78 is 6.30. The van der Waals surface area contributed by atoms with Gasteiger partial charge in [-0.25, -0.2) is 4.98 Å². The fourth-order valence-corrected chi connectivity index (χ4v) is 5.38. The van der Waals surface area contributed by atoms with Crippen molar-refractivity contribution in [1.29, 1.82) is 0 Å². The van der Waals surface area contributed by atoms with Crippen LogP contribution in [0, 0.1) is 0 Å². The predicted molar refractivity (Wildman–Crippen MR) is 138 cm³/mol. The van der Waals surface area contributed by atoms with Crippen LogP contribution in [0.3, 0.4) is 0 Å². The van der Waals surface area contributed by atoms with E-state index >= 15 is 0 Å². The number of anilines is 1. The molecular weight excluding hydrogens is 484 g/mol. The van der Waals surface area contributed by atoms with Gasteiger partial charge in [0, 0.05) is 10.6 Å². The minimum atomic E-state index is -0.882. The van der Waals surface area contributed by atoms with E-state index in [1.807, 2.05) is 18.2 Å². The summed E-state index contributed by atoms with van der Waals surface area (Å²) in [4.78, 5) is 32.8. The molecule has 1 atom stereocenters. The largest absolute Gasteiger partial charge is 0.507 e. The zero-order chi connectivity index (χ0) is 24.7. The van der Waals surface area contributed by atoms with Gasteiger partial charge in [0.25, 0.3) is 5.78 Å². The van der Waals surface area contributed by atoms with E-state index < -0.39 is 17.7 Å². The van der Waals surface area contributed by atoms with E-state index in [2.05, 4.69) is 11.9 Å². The van der Waals surface area contributed by atoms with Crippen LogP contribution in [0.25, 0.3) is 16.0 Å². The molecule has 6 nitrogen and oxygen atoms in total. The number of methoxy groups -OCH3 is 1. The van der Waals surface area contributed by atoms with Gasteiger partial charge in [-0.3, -0.25) is 14.5 Å². The van der Waals surface area contributed by atoms with Crippen LogP contribution in [0.4, 0.5) is 5.13 Å². The zero-order valence-corrected chi connectivity index (χ0v) is 20.6. The summed E-state index contributed by atoms with van der Waals surface area (Å²) in [6.45, 7) is 2.07. The highest BCUT2D eigenvalue weighted by molar-refractivity contribution is 7.22. The molecule has 1 saturated heterocycles. The van der Waals surface area contributed by atoms with E-state index in [0.29, 0.717) is 27.0 Å². The van der Waals surface area contributed by atoms with E-state index in [0.717, 1.165) is 22.2 Å². The maximum absolute atomic E-state index is 13.4. The Bertz CT molecular complexity index is 1490. The van der Waals surface area contributed by atoms with Crippen molar-refractivity contribution >= 4 is 55.7 Å². The Morgan fingerprint density at radius 1 is 1.11 bits per heavy atom. The van der Waals surface area contributed by atoms with Gasteiger partial charge in [0.15, 0.2) is 5.13 Å². The number of aliphatic hydroxyl groups excluding tert-OH is 1. The van der Waals surface area contributed by atoms with Crippen molar-refractivity contribution in [2.24, 2.45) is 0 Å². The van der Waals surface area contributed by atoms with Crippen molar-refractivity contribution in [3.8, 4) is 5.75 Å². The van der Waals surface area contributed by atoms with E-state index in [9.17, 15) is 14.7 Å².